The van der Waals surface area contributed by atoms with Crippen molar-refractivity contribution in [1.82, 2.24) is 25.6 Å². The third-order valence-corrected chi connectivity index (χ3v) is 11.4. The highest BCUT2D eigenvalue weighted by Crippen LogP contribution is 2.54. The number of nitrogens with one attached hydrogen (secondary N) is 2. The summed E-state index contributed by atoms with van der Waals surface area (Å²) in [6, 6.07) is -2.89. The van der Waals surface area contributed by atoms with Gasteiger partial charge in [-0.25, -0.2) is 18.6 Å². The highest BCUT2D eigenvalue weighted by atomic mass is 19.4. The first kappa shape index (κ1) is 31.9. The van der Waals surface area contributed by atoms with Crippen LogP contribution in [-0.4, -0.2) is 107 Å². The van der Waals surface area contributed by atoms with Gasteiger partial charge in [0.1, 0.15) is 30.5 Å². The van der Waals surface area contributed by atoms with E-state index in [1.54, 1.807) is 0 Å². The maximum absolute atomic E-state index is 15.6. The first-order valence-electron chi connectivity index (χ1n) is 16.3. The Labute approximate surface area is 254 Å². The summed E-state index contributed by atoms with van der Waals surface area (Å²) < 4.78 is 72.3. The molecule has 6 aliphatic rings. The average Bonchev–Trinajstić information content (AvgIpc) is 3.55. The number of carbonyl (C=O) groups excluding carboxylic acids is 3. The molecule has 44 heavy (non-hydrogen) atoms. The Morgan fingerprint density at radius 3 is 2.43 bits per heavy atom. The summed E-state index contributed by atoms with van der Waals surface area (Å²) in [6.45, 7) is 0.948. The first-order valence-corrected chi connectivity index (χ1v) is 16.3. The number of aliphatic hydroxyl groups is 1. The van der Waals surface area contributed by atoms with Gasteiger partial charge in [-0.15, -0.1) is 0 Å². The molecule has 0 radical (unpaired) electrons. The molecule has 3 N–H and O–H groups in total. The summed E-state index contributed by atoms with van der Waals surface area (Å²) in [5, 5.41) is 13.9. The normalized spacial score (nSPS) is 38.7. The zero-order chi connectivity index (χ0) is 31.4. The summed E-state index contributed by atoms with van der Waals surface area (Å²) in [5.41, 5.74) is 1.76. The minimum atomic E-state index is -4.69. The lowest BCUT2D eigenvalue weighted by Crippen LogP contribution is -2.56. The standard InChI is InChI=1S/C30H44F5N5O4/c31-21-6-1-17(2-7-21)14-39(26(18-3-4-18)30(33,34)35)25(42)16-40-27(43)29(37-28(40)44)12-24(32)22-11-19(5-8-23(22)29)20-13-36-38(15-20)9-10-41/h17-24,26,36,41H,1-16H2,(H,37,44)/t17?,19?,20?,21?,22?,23?,24-,26-,29+/m1/s1. The molecule has 4 unspecified atom stereocenters. The molecule has 0 aromatic rings. The molecular formula is C30H44F5N5O4. The first-order chi connectivity index (χ1) is 20.9. The number of hydrogen-bond acceptors (Lipinski definition) is 6. The average molecular weight is 634 g/mol. The Balaban J connectivity index is 1.15. The highest BCUT2D eigenvalue weighted by molar-refractivity contribution is 6.09. The summed E-state index contributed by atoms with van der Waals surface area (Å²) in [5.74, 6) is -3.15. The fourth-order valence-corrected chi connectivity index (χ4v) is 9.02. The lowest BCUT2D eigenvalue weighted by atomic mass is 9.67. The monoisotopic (exact) mass is 633 g/mol. The minimum absolute atomic E-state index is 0.0281. The molecule has 9 nitrogen and oxygen atoms in total. The second-order valence-electron chi connectivity index (χ2n) is 14.1. The number of urea groups is 1. The van der Waals surface area contributed by atoms with E-state index in [2.05, 4.69) is 10.7 Å². The molecule has 2 saturated heterocycles. The van der Waals surface area contributed by atoms with Crippen molar-refractivity contribution in [2.24, 2.45) is 35.5 Å². The van der Waals surface area contributed by atoms with E-state index in [4.69, 9.17) is 0 Å². The van der Waals surface area contributed by atoms with Gasteiger partial charge in [-0.05, 0) is 93.3 Å². The molecule has 6 fully saturated rings. The maximum atomic E-state index is 15.6. The molecule has 1 spiro atoms. The van der Waals surface area contributed by atoms with Crippen LogP contribution in [0.15, 0.2) is 0 Å². The quantitative estimate of drug-likeness (QED) is 0.266. The number of nitrogens with zero attached hydrogens (tertiary/aromatic N) is 3. The van der Waals surface area contributed by atoms with Crippen LogP contribution in [0.4, 0.5) is 26.7 Å². The predicted molar refractivity (Wildman–Crippen MR) is 148 cm³/mol. The van der Waals surface area contributed by atoms with Crippen molar-refractivity contribution >= 4 is 17.8 Å². The van der Waals surface area contributed by atoms with Crippen LogP contribution in [-0.2, 0) is 9.59 Å². The molecule has 2 aliphatic heterocycles. The second-order valence-corrected chi connectivity index (χ2v) is 14.1. The molecule has 4 saturated carbocycles. The van der Waals surface area contributed by atoms with E-state index >= 15 is 4.39 Å². The summed E-state index contributed by atoms with van der Waals surface area (Å²) in [4.78, 5) is 42.2. The van der Waals surface area contributed by atoms with Crippen molar-refractivity contribution in [1.29, 1.82) is 0 Å². The van der Waals surface area contributed by atoms with Gasteiger partial charge in [-0.3, -0.25) is 19.9 Å². The number of carbonyl (C=O) groups is 3. The predicted octanol–water partition coefficient (Wildman–Crippen LogP) is 3.18. The van der Waals surface area contributed by atoms with Crippen LogP contribution in [0.25, 0.3) is 0 Å². The van der Waals surface area contributed by atoms with E-state index in [-0.39, 0.29) is 50.2 Å². The molecule has 4 aliphatic carbocycles. The summed E-state index contributed by atoms with van der Waals surface area (Å²) in [6.07, 6.45) is -3.58. The Hall–Kier alpha value is -2.06. The van der Waals surface area contributed by atoms with Gasteiger partial charge in [0.2, 0.25) is 5.91 Å². The fourth-order valence-electron chi connectivity index (χ4n) is 9.02. The molecule has 4 amide bonds. The molecule has 0 bridgehead atoms. The van der Waals surface area contributed by atoms with Crippen LogP contribution >= 0.6 is 0 Å². The zero-order valence-corrected chi connectivity index (χ0v) is 24.9. The van der Waals surface area contributed by atoms with E-state index in [0.29, 0.717) is 50.0 Å². The Morgan fingerprint density at radius 1 is 1.05 bits per heavy atom. The van der Waals surface area contributed by atoms with Crippen LogP contribution in [0.3, 0.4) is 0 Å². The van der Waals surface area contributed by atoms with Crippen LogP contribution in [0.5, 0.6) is 0 Å². The largest absolute Gasteiger partial charge is 0.409 e. The number of β-amino-alcohol motifs (C(OH)–C–C–N with tert-alkyl or cyclic N) is 1. The SMILES string of the molecule is O=C1N[C@]2(C[C@@H](F)C3CC(C4CNN(CCO)C4)CCC32)C(=O)N1CC(=O)N(CC1CCC(F)CC1)[C@H](C1CC1)C(F)(F)F. The van der Waals surface area contributed by atoms with Gasteiger partial charge in [0, 0.05) is 32.6 Å². The van der Waals surface area contributed by atoms with E-state index in [0.717, 1.165) is 24.4 Å². The lowest BCUT2D eigenvalue weighted by molar-refractivity contribution is -0.196. The zero-order valence-electron chi connectivity index (χ0n) is 24.9. The lowest BCUT2D eigenvalue weighted by Gasteiger charge is -2.39. The van der Waals surface area contributed by atoms with Crippen LogP contribution in [0, 0.1) is 35.5 Å². The van der Waals surface area contributed by atoms with Crippen molar-refractivity contribution in [3.63, 3.8) is 0 Å². The molecule has 0 aromatic heterocycles. The molecular weight excluding hydrogens is 589 g/mol. The summed E-state index contributed by atoms with van der Waals surface area (Å²) >= 11 is 0. The van der Waals surface area contributed by atoms with Crippen LogP contribution in [0.1, 0.15) is 64.2 Å². The van der Waals surface area contributed by atoms with E-state index < -0.39 is 72.2 Å². The number of hydrogen-bond donors (Lipinski definition) is 3. The third kappa shape index (κ3) is 6.06. The van der Waals surface area contributed by atoms with Gasteiger partial charge < -0.3 is 15.3 Å². The van der Waals surface area contributed by atoms with Crippen LogP contribution < -0.4 is 10.7 Å². The second kappa shape index (κ2) is 12.3. The number of fused-ring (bicyclic) bond motifs is 2. The van der Waals surface area contributed by atoms with Gasteiger partial charge in [-0.1, -0.05) is 0 Å². The number of amides is 4. The smallest absolute Gasteiger partial charge is 0.395 e. The number of rotatable bonds is 9. The van der Waals surface area contributed by atoms with E-state index in [9.17, 15) is 37.1 Å². The van der Waals surface area contributed by atoms with Crippen molar-refractivity contribution in [3.05, 3.63) is 0 Å². The number of aliphatic hydroxyl groups excluding tert-OH is 1. The molecule has 2 heterocycles. The molecule has 6 rings (SSSR count). The maximum Gasteiger partial charge on any atom is 0.409 e. The Kier molecular flexibility index (Phi) is 8.90. The van der Waals surface area contributed by atoms with Gasteiger partial charge in [-0.2, -0.15) is 13.2 Å². The Morgan fingerprint density at radius 2 is 1.77 bits per heavy atom. The third-order valence-electron chi connectivity index (χ3n) is 11.4. The molecule has 7 atom stereocenters. The Bertz CT molecular complexity index is 1100. The van der Waals surface area contributed by atoms with E-state index in [1.807, 2.05) is 5.01 Å². The topological polar surface area (TPSA) is 105 Å². The molecule has 0 aromatic carbocycles. The number of alkyl halides is 5. The van der Waals surface area contributed by atoms with Crippen molar-refractivity contribution in [2.75, 3.05) is 39.3 Å². The van der Waals surface area contributed by atoms with E-state index in [1.165, 1.54) is 0 Å². The number of halogens is 5. The minimum Gasteiger partial charge on any atom is -0.395 e. The van der Waals surface area contributed by atoms with Gasteiger partial charge in [0.05, 0.1) is 6.61 Å². The van der Waals surface area contributed by atoms with Crippen molar-refractivity contribution in [3.8, 4) is 0 Å². The number of imide groups is 1. The van der Waals surface area contributed by atoms with Crippen molar-refractivity contribution in [2.45, 2.75) is 94.3 Å². The van der Waals surface area contributed by atoms with Gasteiger partial charge in [0.15, 0.2) is 0 Å². The van der Waals surface area contributed by atoms with Crippen molar-refractivity contribution < 1.29 is 41.4 Å². The fraction of sp³-hybridized carbons (Fsp3) is 0.900. The van der Waals surface area contributed by atoms with Gasteiger partial charge in [0.25, 0.3) is 5.91 Å². The van der Waals surface area contributed by atoms with Gasteiger partial charge >= 0.3 is 12.2 Å². The molecule has 14 heteroatoms. The number of hydrazine groups is 1. The highest BCUT2D eigenvalue weighted by Gasteiger charge is 2.65. The van der Waals surface area contributed by atoms with Crippen LogP contribution in [0.2, 0.25) is 0 Å². The summed E-state index contributed by atoms with van der Waals surface area (Å²) in [7, 11) is 0. The molecule has 248 valence electrons.